The highest BCUT2D eigenvalue weighted by atomic mass is 32.1. The van der Waals surface area contributed by atoms with Crippen LogP contribution in [0.15, 0.2) is 59.4 Å². The van der Waals surface area contributed by atoms with E-state index in [-0.39, 0.29) is 11.4 Å². The fourth-order valence-corrected chi connectivity index (χ4v) is 4.78. The van der Waals surface area contributed by atoms with Gasteiger partial charge in [-0.3, -0.25) is 9.59 Å². The van der Waals surface area contributed by atoms with Crippen molar-refractivity contribution in [2.45, 2.75) is 39.0 Å². The van der Waals surface area contributed by atoms with Crippen molar-refractivity contribution >= 4 is 22.8 Å². The lowest BCUT2D eigenvalue weighted by Crippen LogP contribution is -2.23. The molecule has 0 unspecified atom stereocenters. The number of aromatic nitrogens is 1. The molecule has 1 heterocycles. The van der Waals surface area contributed by atoms with E-state index < -0.39 is 17.6 Å². The lowest BCUT2D eigenvalue weighted by molar-refractivity contribution is -0.137. The van der Waals surface area contributed by atoms with Crippen LogP contribution in [0.4, 0.5) is 13.2 Å². The number of alkyl halides is 3. The SMILES string of the molecule is Cc1c(C(=O)NCc2ccc(C(F)(F)F)cc2)sc(=O)n1CCC1=CCc2ccccc21. The van der Waals surface area contributed by atoms with Crippen LogP contribution in [0.1, 0.15) is 44.0 Å². The second kappa shape index (κ2) is 8.78. The summed E-state index contributed by atoms with van der Waals surface area (Å²) in [6, 6.07) is 12.8. The van der Waals surface area contributed by atoms with Crippen LogP contribution >= 0.6 is 11.3 Å². The normalized spacial score (nSPS) is 13.1. The van der Waals surface area contributed by atoms with E-state index in [9.17, 15) is 22.8 Å². The van der Waals surface area contributed by atoms with Crippen molar-refractivity contribution in [3.63, 3.8) is 0 Å². The molecule has 8 heteroatoms. The number of allylic oxidation sites excluding steroid dienone is 2. The molecule has 166 valence electrons. The third-order valence-corrected chi connectivity index (χ3v) is 6.70. The van der Waals surface area contributed by atoms with Crippen molar-refractivity contribution in [1.82, 2.24) is 9.88 Å². The molecule has 0 atom stereocenters. The van der Waals surface area contributed by atoms with Crippen molar-refractivity contribution < 1.29 is 18.0 Å². The molecule has 0 saturated heterocycles. The number of benzene rings is 2. The summed E-state index contributed by atoms with van der Waals surface area (Å²) in [5.74, 6) is -0.409. The second-order valence-electron chi connectivity index (χ2n) is 7.65. The van der Waals surface area contributed by atoms with E-state index in [1.54, 1.807) is 11.5 Å². The quantitative estimate of drug-likeness (QED) is 0.552. The zero-order valence-electron chi connectivity index (χ0n) is 17.3. The van der Waals surface area contributed by atoms with Crippen LogP contribution in [-0.2, 0) is 25.7 Å². The third kappa shape index (κ3) is 4.55. The molecule has 0 fully saturated rings. The van der Waals surface area contributed by atoms with Gasteiger partial charge < -0.3 is 9.88 Å². The summed E-state index contributed by atoms with van der Waals surface area (Å²) in [5, 5.41) is 2.69. The highest BCUT2D eigenvalue weighted by Gasteiger charge is 2.30. The molecule has 4 nitrogen and oxygen atoms in total. The summed E-state index contributed by atoms with van der Waals surface area (Å²) >= 11 is 0.885. The molecule has 2 aromatic carbocycles. The monoisotopic (exact) mass is 458 g/mol. The number of hydrogen-bond donors (Lipinski definition) is 1. The molecule has 1 aromatic heterocycles. The summed E-state index contributed by atoms with van der Waals surface area (Å²) < 4.78 is 39.6. The maximum Gasteiger partial charge on any atom is 0.416 e. The highest BCUT2D eigenvalue weighted by Crippen LogP contribution is 2.30. The first kappa shape index (κ1) is 22.1. The van der Waals surface area contributed by atoms with Gasteiger partial charge in [0.15, 0.2) is 0 Å². The minimum Gasteiger partial charge on any atom is -0.347 e. The molecule has 32 heavy (non-hydrogen) atoms. The molecule has 1 N–H and O–H groups in total. The van der Waals surface area contributed by atoms with Crippen LogP contribution in [-0.4, -0.2) is 10.5 Å². The predicted octanol–water partition coefficient (Wildman–Crippen LogP) is 5.20. The standard InChI is InChI=1S/C24H21F3N2O2S/c1-15-21(22(30)28-14-16-6-10-19(11-7-16)24(25,26)27)32-23(31)29(15)13-12-18-9-8-17-4-2-3-5-20(17)18/h2-7,9-11H,8,12-14H2,1H3,(H,28,30). The maximum atomic E-state index is 12.7. The van der Waals surface area contributed by atoms with Crippen LogP contribution in [0, 0.1) is 6.92 Å². The van der Waals surface area contributed by atoms with Gasteiger partial charge in [-0.05, 0) is 54.2 Å². The Kier molecular flexibility index (Phi) is 6.06. The Hall–Kier alpha value is -3.13. The van der Waals surface area contributed by atoms with Crippen molar-refractivity contribution in [3.05, 3.63) is 97.1 Å². The molecule has 3 aromatic rings. The van der Waals surface area contributed by atoms with E-state index >= 15 is 0 Å². The van der Waals surface area contributed by atoms with Gasteiger partial charge in [-0.1, -0.05) is 53.8 Å². The molecule has 1 aliphatic carbocycles. The minimum absolute atomic E-state index is 0.0756. The van der Waals surface area contributed by atoms with Gasteiger partial charge in [0.25, 0.3) is 5.91 Å². The van der Waals surface area contributed by atoms with Crippen molar-refractivity contribution in [1.29, 1.82) is 0 Å². The Balaban J connectivity index is 1.40. The number of nitrogens with one attached hydrogen (secondary N) is 1. The van der Waals surface area contributed by atoms with Crippen molar-refractivity contribution in [3.8, 4) is 0 Å². The van der Waals surface area contributed by atoms with E-state index in [1.165, 1.54) is 28.8 Å². The number of rotatable bonds is 6. The van der Waals surface area contributed by atoms with E-state index in [2.05, 4.69) is 23.5 Å². The van der Waals surface area contributed by atoms with Crippen LogP contribution in [0.5, 0.6) is 0 Å². The molecule has 0 saturated carbocycles. The number of fused-ring (bicyclic) bond motifs is 1. The number of hydrogen-bond acceptors (Lipinski definition) is 3. The molecule has 0 spiro atoms. The van der Waals surface area contributed by atoms with Gasteiger partial charge in [0.2, 0.25) is 0 Å². The number of carbonyl (C=O) groups is 1. The zero-order chi connectivity index (χ0) is 22.9. The van der Waals surface area contributed by atoms with Gasteiger partial charge >= 0.3 is 11.0 Å². The number of halogens is 3. The van der Waals surface area contributed by atoms with E-state index in [1.807, 2.05) is 12.1 Å². The lowest BCUT2D eigenvalue weighted by atomic mass is 10.0. The van der Waals surface area contributed by atoms with Gasteiger partial charge in [-0.2, -0.15) is 13.2 Å². The summed E-state index contributed by atoms with van der Waals surface area (Å²) in [6.07, 6.45) is -0.637. The molecule has 1 aliphatic rings. The van der Waals surface area contributed by atoms with E-state index in [0.29, 0.717) is 29.1 Å². The zero-order valence-corrected chi connectivity index (χ0v) is 18.1. The van der Waals surface area contributed by atoms with E-state index in [0.717, 1.165) is 29.9 Å². The number of carbonyl (C=O) groups excluding carboxylic acids is 1. The number of thiazole rings is 1. The number of amides is 1. The summed E-state index contributed by atoms with van der Waals surface area (Å²) in [4.78, 5) is 25.2. The Morgan fingerprint density at radius 2 is 1.84 bits per heavy atom. The smallest absolute Gasteiger partial charge is 0.347 e. The Morgan fingerprint density at radius 3 is 2.56 bits per heavy atom. The Labute approximate surface area is 187 Å². The van der Waals surface area contributed by atoms with Gasteiger partial charge in [-0.15, -0.1) is 0 Å². The molecule has 4 rings (SSSR count). The van der Waals surface area contributed by atoms with Gasteiger partial charge in [0, 0.05) is 18.8 Å². The average molecular weight is 459 g/mol. The Bertz CT molecular complexity index is 1240. The fourth-order valence-electron chi connectivity index (χ4n) is 3.84. The Morgan fingerprint density at radius 1 is 1.12 bits per heavy atom. The molecular formula is C24H21F3N2O2S. The average Bonchev–Trinajstić information content (AvgIpc) is 3.30. The topological polar surface area (TPSA) is 51.1 Å². The van der Waals surface area contributed by atoms with Crippen molar-refractivity contribution in [2.24, 2.45) is 0 Å². The van der Waals surface area contributed by atoms with Gasteiger partial charge in [-0.25, -0.2) is 0 Å². The highest BCUT2D eigenvalue weighted by molar-refractivity contribution is 7.11. The fraction of sp³-hybridized carbons (Fsp3) is 0.250. The van der Waals surface area contributed by atoms with Crippen LogP contribution in [0.3, 0.4) is 0 Å². The molecule has 0 bridgehead atoms. The summed E-state index contributed by atoms with van der Waals surface area (Å²) in [5.41, 5.74) is 4.09. The predicted molar refractivity (Wildman–Crippen MR) is 119 cm³/mol. The van der Waals surface area contributed by atoms with Gasteiger partial charge in [0.05, 0.1) is 5.56 Å². The summed E-state index contributed by atoms with van der Waals surface area (Å²) in [6.45, 7) is 2.29. The first-order valence-corrected chi connectivity index (χ1v) is 11.0. The van der Waals surface area contributed by atoms with Crippen LogP contribution < -0.4 is 10.2 Å². The minimum atomic E-state index is -4.40. The third-order valence-electron chi connectivity index (χ3n) is 5.62. The summed E-state index contributed by atoms with van der Waals surface area (Å²) in [7, 11) is 0. The van der Waals surface area contributed by atoms with Gasteiger partial charge in [0.1, 0.15) is 4.88 Å². The van der Waals surface area contributed by atoms with Crippen molar-refractivity contribution in [2.75, 3.05) is 0 Å². The number of nitrogens with zero attached hydrogens (tertiary/aromatic N) is 1. The first-order chi connectivity index (χ1) is 15.2. The lowest BCUT2D eigenvalue weighted by Gasteiger charge is -2.09. The van der Waals surface area contributed by atoms with Crippen LogP contribution in [0.25, 0.3) is 5.57 Å². The van der Waals surface area contributed by atoms with Crippen LogP contribution in [0.2, 0.25) is 0 Å². The molecular weight excluding hydrogens is 437 g/mol. The molecule has 0 radical (unpaired) electrons. The second-order valence-corrected chi connectivity index (χ2v) is 8.61. The van der Waals surface area contributed by atoms with E-state index in [4.69, 9.17) is 0 Å². The molecule has 0 aliphatic heterocycles. The molecule has 1 amide bonds. The first-order valence-electron chi connectivity index (χ1n) is 10.2. The largest absolute Gasteiger partial charge is 0.416 e. The maximum absolute atomic E-state index is 12.7.